The molecule has 0 saturated heterocycles. The first-order valence-electron chi connectivity index (χ1n) is 5.04. The van der Waals surface area contributed by atoms with E-state index in [4.69, 9.17) is 0 Å². The van der Waals surface area contributed by atoms with Gasteiger partial charge in [-0.3, -0.25) is 4.79 Å². The molecule has 0 aromatic heterocycles. The molecule has 0 aromatic rings. The second-order valence-corrected chi connectivity index (χ2v) is 4.08. The molecule has 1 unspecified atom stereocenters. The fraction of sp³-hybridized carbons (Fsp3) is 0.900. The third kappa shape index (κ3) is 3.33. The van der Waals surface area contributed by atoms with Crippen LogP contribution in [-0.4, -0.2) is 18.1 Å². The summed E-state index contributed by atoms with van der Waals surface area (Å²) in [4.78, 5) is 11.0. The fourth-order valence-corrected chi connectivity index (χ4v) is 1.72. The van der Waals surface area contributed by atoms with Crippen molar-refractivity contribution >= 4 is 5.91 Å². The van der Waals surface area contributed by atoms with Gasteiger partial charge >= 0.3 is 0 Å². The van der Waals surface area contributed by atoms with Gasteiger partial charge < -0.3 is 5.32 Å². The molecule has 1 atom stereocenters. The highest BCUT2D eigenvalue weighted by Crippen LogP contribution is 2.23. The monoisotopic (exact) mass is 187 g/mol. The zero-order valence-corrected chi connectivity index (χ0v) is 8.35. The maximum atomic E-state index is 12.5. The zero-order valence-electron chi connectivity index (χ0n) is 8.35. The van der Waals surface area contributed by atoms with Crippen LogP contribution < -0.4 is 5.32 Å². The lowest BCUT2D eigenvalue weighted by Gasteiger charge is -2.27. The summed E-state index contributed by atoms with van der Waals surface area (Å²) in [6.07, 6.45) is 2.91. The van der Waals surface area contributed by atoms with E-state index in [0.29, 0.717) is 0 Å². The summed E-state index contributed by atoms with van der Waals surface area (Å²) in [5.74, 6) is 0.301. The highest BCUT2D eigenvalue weighted by Gasteiger charge is 2.21. The second-order valence-electron chi connectivity index (χ2n) is 4.08. The van der Waals surface area contributed by atoms with E-state index >= 15 is 0 Å². The number of nitrogens with one attached hydrogen (secondary N) is 1. The summed E-state index contributed by atoms with van der Waals surface area (Å²) in [7, 11) is 0. The normalized spacial score (nSPS) is 31.0. The number of carbonyl (C=O) groups excluding carboxylic acids is 1. The molecule has 0 aromatic carbocycles. The Morgan fingerprint density at radius 2 is 1.92 bits per heavy atom. The van der Waals surface area contributed by atoms with Gasteiger partial charge in [-0.1, -0.05) is 6.92 Å². The van der Waals surface area contributed by atoms with Gasteiger partial charge in [0.2, 0.25) is 0 Å². The Kier molecular flexibility index (Phi) is 3.70. The molecule has 1 N–H and O–H groups in total. The van der Waals surface area contributed by atoms with Crippen LogP contribution in [0, 0.1) is 5.92 Å². The van der Waals surface area contributed by atoms with E-state index in [0.717, 1.165) is 31.6 Å². The predicted molar refractivity (Wildman–Crippen MR) is 50.1 cm³/mol. The van der Waals surface area contributed by atoms with Gasteiger partial charge in [-0.15, -0.1) is 0 Å². The fourth-order valence-electron chi connectivity index (χ4n) is 1.72. The first kappa shape index (κ1) is 10.5. The highest BCUT2D eigenvalue weighted by molar-refractivity contribution is 5.80. The summed E-state index contributed by atoms with van der Waals surface area (Å²) in [5, 5.41) is 2.72. The number of hydrogen-bond donors (Lipinski definition) is 1. The minimum Gasteiger partial charge on any atom is -0.351 e. The molecule has 0 radical (unpaired) electrons. The molecule has 1 rings (SSSR count). The molecular weight excluding hydrogens is 169 g/mol. The zero-order chi connectivity index (χ0) is 9.84. The highest BCUT2D eigenvalue weighted by atomic mass is 19.1. The molecule has 13 heavy (non-hydrogen) atoms. The van der Waals surface area contributed by atoms with E-state index in [9.17, 15) is 9.18 Å². The lowest BCUT2D eigenvalue weighted by molar-refractivity contribution is -0.126. The molecule has 1 amide bonds. The van der Waals surface area contributed by atoms with E-state index in [1.807, 2.05) is 0 Å². The first-order chi connectivity index (χ1) is 6.09. The van der Waals surface area contributed by atoms with E-state index in [1.54, 1.807) is 0 Å². The van der Waals surface area contributed by atoms with Crippen LogP contribution in [0.3, 0.4) is 0 Å². The van der Waals surface area contributed by atoms with Crippen molar-refractivity contribution in [2.45, 2.75) is 51.7 Å². The molecular formula is C10H18FNO. The minimum absolute atomic E-state index is 0.210. The molecule has 3 heteroatoms. The van der Waals surface area contributed by atoms with Crippen LogP contribution in [0.4, 0.5) is 4.39 Å². The van der Waals surface area contributed by atoms with Gasteiger partial charge in [-0.25, -0.2) is 4.39 Å². The summed E-state index contributed by atoms with van der Waals surface area (Å²) in [5.41, 5.74) is 0. The Morgan fingerprint density at radius 3 is 2.38 bits per heavy atom. The standard InChI is InChI=1S/C10H18FNO/c1-7-3-5-9(6-4-7)12-10(13)8(2)11/h7-9H,3-6H2,1-2H3,(H,12,13)/t7-,8?,9-. The average molecular weight is 187 g/mol. The third-order valence-electron chi connectivity index (χ3n) is 2.72. The molecule has 1 fully saturated rings. The first-order valence-corrected chi connectivity index (χ1v) is 5.04. The van der Waals surface area contributed by atoms with Gasteiger partial charge in [0.05, 0.1) is 0 Å². The number of carbonyl (C=O) groups is 1. The predicted octanol–water partition coefficient (Wildman–Crippen LogP) is 2.04. The van der Waals surface area contributed by atoms with Crippen LogP contribution in [0.25, 0.3) is 0 Å². The molecule has 1 saturated carbocycles. The van der Waals surface area contributed by atoms with Crippen molar-refractivity contribution in [2.24, 2.45) is 5.92 Å². The van der Waals surface area contributed by atoms with Crippen molar-refractivity contribution in [3.05, 3.63) is 0 Å². The van der Waals surface area contributed by atoms with Crippen LogP contribution in [0.15, 0.2) is 0 Å². The average Bonchev–Trinajstić information content (AvgIpc) is 2.08. The van der Waals surface area contributed by atoms with Crippen molar-refractivity contribution in [1.29, 1.82) is 0 Å². The van der Waals surface area contributed by atoms with Crippen LogP contribution >= 0.6 is 0 Å². The molecule has 76 valence electrons. The SMILES string of the molecule is CC(F)C(=O)N[C@H]1CC[C@H](C)CC1. The number of alkyl halides is 1. The van der Waals surface area contributed by atoms with Crippen molar-refractivity contribution in [1.82, 2.24) is 5.32 Å². The van der Waals surface area contributed by atoms with Crippen molar-refractivity contribution in [2.75, 3.05) is 0 Å². The Bertz CT molecular complexity index is 174. The number of hydrogen-bond acceptors (Lipinski definition) is 1. The Balaban J connectivity index is 2.26. The molecule has 0 aliphatic heterocycles. The smallest absolute Gasteiger partial charge is 0.254 e. The summed E-state index contributed by atoms with van der Waals surface area (Å²) in [6.45, 7) is 3.50. The number of halogens is 1. The molecule has 1 aliphatic carbocycles. The largest absolute Gasteiger partial charge is 0.351 e. The summed E-state index contributed by atoms with van der Waals surface area (Å²) >= 11 is 0. The van der Waals surface area contributed by atoms with Gasteiger partial charge in [0.15, 0.2) is 6.17 Å². The molecule has 0 spiro atoms. The summed E-state index contributed by atoms with van der Waals surface area (Å²) < 4.78 is 12.5. The number of rotatable bonds is 2. The maximum Gasteiger partial charge on any atom is 0.254 e. The molecule has 2 nitrogen and oxygen atoms in total. The number of amides is 1. The lowest BCUT2D eigenvalue weighted by Crippen LogP contribution is -2.40. The van der Waals surface area contributed by atoms with E-state index in [-0.39, 0.29) is 6.04 Å². The Labute approximate surface area is 78.9 Å². The van der Waals surface area contributed by atoms with Gasteiger partial charge in [0.1, 0.15) is 0 Å². The van der Waals surface area contributed by atoms with Crippen molar-refractivity contribution < 1.29 is 9.18 Å². The van der Waals surface area contributed by atoms with Crippen LogP contribution in [0.5, 0.6) is 0 Å². The van der Waals surface area contributed by atoms with Gasteiger partial charge in [-0.05, 0) is 38.5 Å². The van der Waals surface area contributed by atoms with Gasteiger partial charge in [0.25, 0.3) is 5.91 Å². The van der Waals surface area contributed by atoms with Crippen LogP contribution in [0.1, 0.15) is 39.5 Å². The maximum absolute atomic E-state index is 12.5. The van der Waals surface area contributed by atoms with Gasteiger partial charge in [-0.2, -0.15) is 0 Å². The van der Waals surface area contributed by atoms with Crippen LogP contribution in [-0.2, 0) is 4.79 Å². The van der Waals surface area contributed by atoms with E-state index < -0.39 is 12.1 Å². The lowest BCUT2D eigenvalue weighted by atomic mass is 9.87. The Hall–Kier alpha value is -0.600. The van der Waals surface area contributed by atoms with Crippen LogP contribution in [0.2, 0.25) is 0 Å². The van der Waals surface area contributed by atoms with E-state index in [2.05, 4.69) is 12.2 Å². The Morgan fingerprint density at radius 1 is 1.38 bits per heavy atom. The minimum atomic E-state index is -1.38. The molecule has 0 heterocycles. The summed E-state index contributed by atoms with van der Waals surface area (Å²) in [6, 6.07) is 0.210. The topological polar surface area (TPSA) is 29.1 Å². The van der Waals surface area contributed by atoms with Crippen molar-refractivity contribution in [3.8, 4) is 0 Å². The van der Waals surface area contributed by atoms with E-state index in [1.165, 1.54) is 6.92 Å². The van der Waals surface area contributed by atoms with Gasteiger partial charge in [0, 0.05) is 6.04 Å². The third-order valence-corrected chi connectivity index (χ3v) is 2.72. The van der Waals surface area contributed by atoms with Crippen molar-refractivity contribution in [3.63, 3.8) is 0 Å². The second kappa shape index (κ2) is 4.58. The quantitative estimate of drug-likeness (QED) is 0.704. The molecule has 0 bridgehead atoms. The molecule has 1 aliphatic rings.